The standard InChI is InChI=1S/C13H17ClN2O3/c1-8(2)6-16(7-12(15)18)13(19)9-3-4-11(17)10(14)5-9/h3-5,8,17H,6-7H2,1-2H3,(H2,15,18). The number of aromatic hydroxyl groups is 1. The number of benzene rings is 1. The first-order valence-electron chi connectivity index (χ1n) is 5.87. The minimum Gasteiger partial charge on any atom is -0.506 e. The van der Waals surface area contributed by atoms with Crippen LogP contribution < -0.4 is 5.73 Å². The number of nitrogens with zero attached hydrogens (tertiary/aromatic N) is 1. The van der Waals surface area contributed by atoms with E-state index in [1.54, 1.807) is 0 Å². The summed E-state index contributed by atoms with van der Waals surface area (Å²) in [5.41, 5.74) is 5.45. The number of rotatable bonds is 5. The summed E-state index contributed by atoms with van der Waals surface area (Å²) < 4.78 is 0. The quantitative estimate of drug-likeness (QED) is 0.862. The third-order valence-electron chi connectivity index (χ3n) is 2.41. The summed E-state index contributed by atoms with van der Waals surface area (Å²) in [6.45, 7) is 4.14. The number of halogens is 1. The highest BCUT2D eigenvalue weighted by Gasteiger charge is 2.19. The first-order valence-corrected chi connectivity index (χ1v) is 6.25. The van der Waals surface area contributed by atoms with Crippen LogP contribution >= 0.6 is 11.6 Å². The van der Waals surface area contributed by atoms with E-state index in [0.717, 1.165) is 0 Å². The van der Waals surface area contributed by atoms with Crippen LogP contribution in [0.2, 0.25) is 5.02 Å². The van der Waals surface area contributed by atoms with Crippen molar-refractivity contribution in [3.05, 3.63) is 28.8 Å². The summed E-state index contributed by atoms with van der Waals surface area (Å²) in [6, 6.07) is 4.17. The van der Waals surface area contributed by atoms with Gasteiger partial charge >= 0.3 is 0 Å². The molecule has 104 valence electrons. The van der Waals surface area contributed by atoms with Gasteiger partial charge in [-0.05, 0) is 24.1 Å². The molecule has 5 nitrogen and oxygen atoms in total. The van der Waals surface area contributed by atoms with Crippen LogP contribution in [0.5, 0.6) is 5.75 Å². The molecule has 2 amide bonds. The van der Waals surface area contributed by atoms with Gasteiger partial charge in [0.1, 0.15) is 5.75 Å². The Morgan fingerprint density at radius 2 is 2.05 bits per heavy atom. The highest BCUT2D eigenvalue weighted by molar-refractivity contribution is 6.32. The summed E-state index contributed by atoms with van der Waals surface area (Å²) in [5, 5.41) is 9.42. The second kappa shape index (κ2) is 6.43. The zero-order chi connectivity index (χ0) is 14.6. The molecule has 0 aliphatic heterocycles. The molecule has 1 rings (SSSR count). The van der Waals surface area contributed by atoms with E-state index < -0.39 is 5.91 Å². The Bertz CT molecular complexity index is 489. The van der Waals surface area contributed by atoms with Crippen molar-refractivity contribution in [1.82, 2.24) is 4.90 Å². The number of primary amides is 1. The fraction of sp³-hybridized carbons (Fsp3) is 0.385. The minimum atomic E-state index is -0.570. The third-order valence-corrected chi connectivity index (χ3v) is 2.72. The Morgan fingerprint density at radius 1 is 1.42 bits per heavy atom. The average Bonchev–Trinajstić information content (AvgIpc) is 2.29. The molecule has 0 spiro atoms. The molecule has 0 aliphatic carbocycles. The van der Waals surface area contributed by atoms with E-state index in [1.807, 2.05) is 13.8 Å². The predicted molar refractivity (Wildman–Crippen MR) is 73.1 cm³/mol. The van der Waals surface area contributed by atoms with Gasteiger partial charge in [0.25, 0.3) is 5.91 Å². The van der Waals surface area contributed by atoms with Crippen LogP contribution in [0.1, 0.15) is 24.2 Å². The zero-order valence-electron chi connectivity index (χ0n) is 10.9. The van der Waals surface area contributed by atoms with E-state index in [2.05, 4.69) is 0 Å². The van der Waals surface area contributed by atoms with Crippen LogP contribution in [-0.2, 0) is 4.79 Å². The highest BCUT2D eigenvalue weighted by Crippen LogP contribution is 2.24. The molecule has 0 fully saturated rings. The zero-order valence-corrected chi connectivity index (χ0v) is 11.6. The van der Waals surface area contributed by atoms with Crippen molar-refractivity contribution >= 4 is 23.4 Å². The Labute approximate surface area is 117 Å². The molecule has 0 saturated heterocycles. The number of carbonyl (C=O) groups is 2. The van der Waals surface area contributed by atoms with Gasteiger partial charge in [-0.1, -0.05) is 25.4 Å². The molecular formula is C13H17ClN2O3. The Morgan fingerprint density at radius 3 is 2.53 bits per heavy atom. The van der Waals surface area contributed by atoms with Crippen LogP contribution in [0.25, 0.3) is 0 Å². The first-order chi connectivity index (χ1) is 8.81. The van der Waals surface area contributed by atoms with E-state index in [4.69, 9.17) is 17.3 Å². The maximum Gasteiger partial charge on any atom is 0.254 e. The molecule has 6 heteroatoms. The fourth-order valence-corrected chi connectivity index (χ4v) is 1.85. The lowest BCUT2D eigenvalue weighted by Gasteiger charge is -2.23. The number of amides is 2. The summed E-state index contributed by atoms with van der Waals surface area (Å²) >= 11 is 5.76. The molecule has 0 atom stereocenters. The molecule has 19 heavy (non-hydrogen) atoms. The molecule has 0 bridgehead atoms. The number of phenolic OH excluding ortho intramolecular Hbond substituents is 1. The Kier molecular flexibility index (Phi) is 5.18. The van der Waals surface area contributed by atoms with Crippen molar-refractivity contribution in [2.45, 2.75) is 13.8 Å². The number of hydrogen-bond acceptors (Lipinski definition) is 3. The molecule has 0 aliphatic rings. The van der Waals surface area contributed by atoms with E-state index in [-0.39, 0.29) is 29.1 Å². The molecule has 3 N–H and O–H groups in total. The molecular weight excluding hydrogens is 268 g/mol. The summed E-state index contributed by atoms with van der Waals surface area (Å²) in [5.74, 6) is -0.798. The van der Waals surface area contributed by atoms with Gasteiger partial charge in [0.2, 0.25) is 5.91 Å². The molecule has 1 aromatic carbocycles. The molecule has 0 heterocycles. The van der Waals surface area contributed by atoms with Gasteiger partial charge < -0.3 is 15.7 Å². The van der Waals surface area contributed by atoms with Crippen LogP contribution in [0.3, 0.4) is 0 Å². The van der Waals surface area contributed by atoms with Crippen molar-refractivity contribution in [3.8, 4) is 5.75 Å². The Hall–Kier alpha value is -1.75. The summed E-state index contributed by atoms with van der Waals surface area (Å²) in [7, 11) is 0. The summed E-state index contributed by atoms with van der Waals surface area (Å²) in [6.07, 6.45) is 0. The summed E-state index contributed by atoms with van der Waals surface area (Å²) in [4.78, 5) is 24.6. The van der Waals surface area contributed by atoms with Crippen molar-refractivity contribution in [3.63, 3.8) is 0 Å². The smallest absolute Gasteiger partial charge is 0.254 e. The number of hydrogen-bond donors (Lipinski definition) is 2. The largest absolute Gasteiger partial charge is 0.506 e. The predicted octanol–water partition coefficient (Wildman–Crippen LogP) is 1.63. The van der Waals surface area contributed by atoms with Gasteiger partial charge in [0.05, 0.1) is 11.6 Å². The van der Waals surface area contributed by atoms with Gasteiger partial charge in [-0.15, -0.1) is 0 Å². The van der Waals surface area contributed by atoms with Crippen LogP contribution in [0.15, 0.2) is 18.2 Å². The number of nitrogens with two attached hydrogens (primary N) is 1. The molecule has 1 aromatic rings. The van der Waals surface area contributed by atoms with Gasteiger partial charge in [0.15, 0.2) is 0 Å². The maximum atomic E-state index is 12.3. The lowest BCUT2D eigenvalue weighted by Crippen LogP contribution is -2.40. The third kappa shape index (κ3) is 4.44. The number of carbonyl (C=O) groups excluding carboxylic acids is 2. The van der Waals surface area contributed by atoms with Gasteiger partial charge in [-0.2, -0.15) is 0 Å². The van der Waals surface area contributed by atoms with E-state index >= 15 is 0 Å². The lowest BCUT2D eigenvalue weighted by atomic mass is 10.1. The van der Waals surface area contributed by atoms with E-state index in [0.29, 0.717) is 12.1 Å². The van der Waals surface area contributed by atoms with Crippen molar-refractivity contribution in [2.75, 3.05) is 13.1 Å². The molecule has 0 unspecified atom stereocenters. The van der Waals surface area contributed by atoms with Crippen molar-refractivity contribution < 1.29 is 14.7 Å². The topological polar surface area (TPSA) is 83.6 Å². The van der Waals surface area contributed by atoms with Crippen LogP contribution in [0, 0.1) is 5.92 Å². The lowest BCUT2D eigenvalue weighted by molar-refractivity contribution is -0.118. The first kappa shape index (κ1) is 15.3. The average molecular weight is 285 g/mol. The van der Waals surface area contributed by atoms with Gasteiger partial charge in [0, 0.05) is 12.1 Å². The van der Waals surface area contributed by atoms with Crippen LogP contribution in [0.4, 0.5) is 0 Å². The normalized spacial score (nSPS) is 10.5. The molecule has 0 radical (unpaired) electrons. The van der Waals surface area contributed by atoms with E-state index in [1.165, 1.54) is 23.1 Å². The number of phenols is 1. The second-order valence-corrected chi connectivity index (χ2v) is 5.12. The maximum absolute atomic E-state index is 12.3. The van der Waals surface area contributed by atoms with Crippen molar-refractivity contribution in [1.29, 1.82) is 0 Å². The molecule has 0 saturated carbocycles. The monoisotopic (exact) mass is 284 g/mol. The highest BCUT2D eigenvalue weighted by atomic mass is 35.5. The Balaban J connectivity index is 2.97. The fourth-order valence-electron chi connectivity index (χ4n) is 1.67. The van der Waals surface area contributed by atoms with E-state index in [9.17, 15) is 14.7 Å². The molecule has 0 aromatic heterocycles. The van der Waals surface area contributed by atoms with Gasteiger partial charge in [-0.25, -0.2) is 0 Å². The van der Waals surface area contributed by atoms with Crippen LogP contribution in [-0.4, -0.2) is 34.9 Å². The van der Waals surface area contributed by atoms with Gasteiger partial charge in [-0.3, -0.25) is 9.59 Å². The van der Waals surface area contributed by atoms with Crippen molar-refractivity contribution in [2.24, 2.45) is 11.7 Å². The second-order valence-electron chi connectivity index (χ2n) is 4.71. The minimum absolute atomic E-state index is 0.0921. The SMILES string of the molecule is CC(C)CN(CC(N)=O)C(=O)c1ccc(O)c(Cl)c1.